The number of carbonyl (C=O) groups is 2. The van der Waals surface area contributed by atoms with E-state index in [0.29, 0.717) is 5.69 Å². The maximum atomic E-state index is 13.0. The van der Waals surface area contributed by atoms with E-state index in [1.807, 2.05) is 84.9 Å². The Hall–Kier alpha value is -3.05. The first kappa shape index (κ1) is 19.7. The third kappa shape index (κ3) is 5.02. The third-order valence-corrected chi connectivity index (χ3v) is 5.60. The number of benzene rings is 3. The van der Waals surface area contributed by atoms with Crippen molar-refractivity contribution in [2.45, 2.75) is 17.1 Å². The van der Waals surface area contributed by atoms with Crippen LogP contribution in [0.25, 0.3) is 0 Å². The lowest BCUT2D eigenvalue weighted by Gasteiger charge is -2.18. The Morgan fingerprint density at radius 1 is 0.857 bits per heavy atom. The van der Waals surface area contributed by atoms with Crippen LogP contribution in [0, 0.1) is 0 Å². The van der Waals surface area contributed by atoms with Gasteiger partial charge in [0.05, 0.1) is 0 Å². The molecule has 1 N–H and O–H groups in total. The molecule has 0 saturated heterocycles. The molecule has 0 aromatic heterocycles. The average Bonchev–Trinajstić information content (AvgIpc) is 2.73. The number of carbonyl (C=O) groups excluding carboxylic acids is 2. The van der Waals surface area contributed by atoms with Crippen LogP contribution in [-0.4, -0.2) is 18.9 Å². The molecule has 4 nitrogen and oxygen atoms in total. The third-order valence-electron chi connectivity index (χ3n) is 4.33. The van der Waals surface area contributed by atoms with Crippen LogP contribution in [0.3, 0.4) is 0 Å². The molecule has 0 bridgehead atoms. The zero-order valence-corrected chi connectivity index (χ0v) is 16.6. The topological polar surface area (TPSA) is 49.4 Å². The van der Waals surface area contributed by atoms with Gasteiger partial charge in [0.2, 0.25) is 11.8 Å². The smallest absolute Gasteiger partial charge is 0.242 e. The highest BCUT2D eigenvalue weighted by Gasteiger charge is 2.22. The average molecular weight is 391 g/mol. The van der Waals surface area contributed by atoms with Crippen LogP contribution in [0.5, 0.6) is 0 Å². The Morgan fingerprint density at radius 2 is 1.43 bits per heavy atom. The van der Waals surface area contributed by atoms with Crippen molar-refractivity contribution < 1.29 is 9.59 Å². The first-order chi connectivity index (χ1) is 13.5. The summed E-state index contributed by atoms with van der Waals surface area (Å²) >= 11 is 1.52. The van der Waals surface area contributed by atoms with E-state index in [1.54, 1.807) is 11.9 Å². The molecule has 0 heterocycles. The van der Waals surface area contributed by atoms with E-state index in [-0.39, 0.29) is 17.1 Å². The van der Waals surface area contributed by atoms with Crippen molar-refractivity contribution >= 4 is 35.0 Å². The SMILES string of the molecule is CC(=O)N(C)c1ccc(NC(=O)[C@H](Sc2ccccc2)c2ccccc2)cc1. The van der Waals surface area contributed by atoms with Gasteiger partial charge in [0.1, 0.15) is 5.25 Å². The predicted molar refractivity (Wildman–Crippen MR) is 116 cm³/mol. The molecule has 0 fully saturated rings. The fourth-order valence-corrected chi connectivity index (χ4v) is 3.74. The number of nitrogens with one attached hydrogen (secondary N) is 1. The van der Waals surface area contributed by atoms with Gasteiger partial charge in [-0.15, -0.1) is 11.8 Å². The number of hydrogen-bond donors (Lipinski definition) is 1. The summed E-state index contributed by atoms with van der Waals surface area (Å²) in [5.74, 6) is -0.132. The number of anilines is 2. The minimum absolute atomic E-state index is 0.0415. The maximum absolute atomic E-state index is 13.0. The number of amides is 2. The van der Waals surface area contributed by atoms with Gasteiger partial charge in [-0.25, -0.2) is 0 Å². The molecule has 0 saturated carbocycles. The van der Waals surface area contributed by atoms with Gasteiger partial charge >= 0.3 is 0 Å². The fraction of sp³-hybridized carbons (Fsp3) is 0.130. The molecule has 0 spiro atoms. The lowest BCUT2D eigenvalue weighted by molar-refractivity contribution is -0.116. The molecule has 5 heteroatoms. The van der Waals surface area contributed by atoms with Crippen LogP contribution < -0.4 is 10.2 Å². The van der Waals surface area contributed by atoms with Crippen LogP contribution in [0.15, 0.2) is 89.8 Å². The summed E-state index contributed by atoms with van der Waals surface area (Å²) in [6, 6.07) is 26.9. The van der Waals surface area contributed by atoms with Crippen molar-refractivity contribution in [1.29, 1.82) is 0 Å². The van der Waals surface area contributed by atoms with E-state index >= 15 is 0 Å². The Bertz CT molecular complexity index is 928. The zero-order valence-electron chi connectivity index (χ0n) is 15.8. The van der Waals surface area contributed by atoms with E-state index in [2.05, 4.69) is 5.32 Å². The first-order valence-electron chi connectivity index (χ1n) is 8.96. The molecule has 142 valence electrons. The highest BCUT2D eigenvalue weighted by atomic mass is 32.2. The number of thioether (sulfide) groups is 1. The normalized spacial score (nSPS) is 11.5. The Labute approximate surface area is 169 Å². The molecule has 0 unspecified atom stereocenters. The van der Waals surface area contributed by atoms with Crippen LogP contribution in [0.1, 0.15) is 17.7 Å². The molecular weight excluding hydrogens is 368 g/mol. The van der Waals surface area contributed by atoms with Crippen molar-refractivity contribution in [3.8, 4) is 0 Å². The summed E-state index contributed by atoms with van der Waals surface area (Å²) in [4.78, 5) is 27.1. The maximum Gasteiger partial charge on any atom is 0.242 e. The molecule has 2 amide bonds. The quantitative estimate of drug-likeness (QED) is 0.593. The van der Waals surface area contributed by atoms with Crippen molar-refractivity contribution in [3.05, 3.63) is 90.5 Å². The second kappa shape index (κ2) is 9.24. The molecular formula is C23H22N2O2S. The standard InChI is InChI=1S/C23H22N2O2S/c1-17(26)25(2)20-15-13-19(14-16-20)24-23(27)22(18-9-5-3-6-10-18)28-21-11-7-4-8-12-21/h3-16,22H,1-2H3,(H,24,27)/t22-/m1/s1. The lowest BCUT2D eigenvalue weighted by Crippen LogP contribution is -2.23. The molecule has 3 aromatic rings. The van der Waals surface area contributed by atoms with Crippen LogP contribution in [0.2, 0.25) is 0 Å². The van der Waals surface area contributed by atoms with E-state index in [9.17, 15) is 9.59 Å². The molecule has 3 rings (SSSR count). The molecule has 1 atom stereocenters. The minimum atomic E-state index is -0.372. The minimum Gasteiger partial charge on any atom is -0.325 e. The summed E-state index contributed by atoms with van der Waals surface area (Å²) in [6.07, 6.45) is 0. The molecule has 3 aromatic carbocycles. The van der Waals surface area contributed by atoms with E-state index in [4.69, 9.17) is 0 Å². The molecule has 28 heavy (non-hydrogen) atoms. The molecule has 0 aliphatic heterocycles. The fourth-order valence-electron chi connectivity index (χ4n) is 2.69. The summed E-state index contributed by atoms with van der Waals surface area (Å²) in [5.41, 5.74) is 2.42. The highest BCUT2D eigenvalue weighted by Crippen LogP contribution is 2.36. The monoisotopic (exact) mass is 390 g/mol. The van der Waals surface area contributed by atoms with Gasteiger partial charge in [-0.2, -0.15) is 0 Å². The largest absolute Gasteiger partial charge is 0.325 e. The zero-order chi connectivity index (χ0) is 19.9. The summed E-state index contributed by atoms with van der Waals surface area (Å²) in [6.45, 7) is 1.51. The number of nitrogens with zero attached hydrogens (tertiary/aromatic N) is 1. The Balaban J connectivity index is 1.78. The summed E-state index contributed by atoms with van der Waals surface area (Å²) in [7, 11) is 1.72. The summed E-state index contributed by atoms with van der Waals surface area (Å²) < 4.78 is 0. The van der Waals surface area contributed by atoms with Gasteiger partial charge in [-0.3, -0.25) is 9.59 Å². The van der Waals surface area contributed by atoms with Gasteiger partial charge in [0.15, 0.2) is 0 Å². The van der Waals surface area contributed by atoms with E-state index < -0.39 is 0 Å². The highest BCUT2D eigenvalue weighted by molar-refractivity contribution is 8.00. The first-order valence-corrected chi connectivity index (χ1v) is 9.84. The van der Waals surface area contributed by atoms with Crippen LogP contribution in [-0.2, 0) is 9.59 Å². The Kier molecular flexibility index (Phi) is 6.50. The second-order valence-electron chi connectivity index (χ2n) is 6.34. The summed E-state index contributed by atoms with van der Waals surface area (Å²) in [5, 5.41) is 2.62. The second-order valence-corrected chi connectivity index (χ2v) is 7.51. The molecule has 0 radical (unpaired) electrons. The predicted octanol–water partition coefficient (Wildman–Crippen LogP) is 5.14. The molecule has 0 aliphatic carbocycles. The van der Waals surface area contributed by atoms with Crippen molar-refractivity contribution in [1.82, 2.24) is 0 Å². The number of rotatable bonds is 6. The van der Waals surface area contributed by atoms with Crippen molar-refractivity contribution in [2.24, 2.45) is 0 Å². The van der Waals surface area contributed by atoms with Crippen LogP contribution in [0.4, 0.5) is 11.4 Å². The Morgan fingerprint density at radius 3 is 2.00 bits per heavy atom. The van der Waals surface area contributed by atoms with Gasteiger partial charge in [-0.05, 0) is 42.0 Å². The van der Waals surface area contributed by atoms with Crippen molar-refractivity contribution in [3.63, 3.8) is 0 Å². The van der Waals surface area contributed by atoms with Gasteiger partial charge in [0.25, 0.3) is 0 Å². The van der Waals surface area contributed by atoms with E-state index in [1.165, 1.54) is 18.7 Å². The lowest BCUT2D eigenvalue weighted by atomic mass is 10.1. The van der Waals surface area contributed by atoms with E-state index in [0.717, 1.165) is 16.1 Å². The van der Waals surface area contributed by atoms with Crippen molar-refractivity contribution in [2.75, 3.05) is 17.3 Å². The van der Waals surface area contributed by atoms with Crippen LogP contribution >= 0.6 is 11.8 Å². The van der Waals surface area contributed by atoms with Gasteiger partial charge < -0.3 is 10.2 Å². The number of hydrogen-bond acceptors (Lipinski definition) is 3. The van der Waals surface area contributed by atoms with Gasteiger partial charge in [0, 0.05) is 30.2 Å². The van der Waals surface area contributed by atoms with Gasteiger partial charge in [-0.1, -0.05) is 48.5 Å². The molecule has 0 aliphatic rings.